The molecule has 21 heavy (non-hydrogen) atoms. The topological polar surface area (TPSA) is 80.8 Å². The third-order valence-corrected chi connectivity index (χ3v) is 4.51. The Morgan fingerprint density at radius 2 is 2.10 bits per heavy atom. The second-order valence-electron chi connectivity index (χ2n) is 4.80. The third-order valence-electron chi connectivity index (χ3n) is 3.40. The number of esters is 1. The van der Waals surface area contributed by atoms with Crippen molar-refractivity contribution < 1.29 is 26.6 Å². The number of amides is 1. The van der Waals surface area contributed by atoms with Crippen LogP contribution in [0.3, 0.4) is 0 Å². The summed E-state index contributed by atoms with van der Waals surface area (Å²) in [6.07, 6.45) is -0.378. The van der Waals surface area contributed by atoms with Gasteiger partial charge in [0.15, 0.2) is 0 Å². The summed E-state index contributed by atoms with van der Waals surface area (Å²) in [5.74, 6) is -0.975. The van der Waals surface area contributed by atoms with Gasteiger partial charge in [-0.15, -0.1) is 3.89 Å². The Morgan fingerprint density at radius 1 is 1.43 bits per heavy atom. The van der Waals surface area contributed by atoms with Crippen LogP contribution >= 0.6 is 0 Å². The first kappa shape index (κ1) is 15.4. The van der Waals surface area contributed by atoms with Crippen LogP contribution < -0.4 is 4.90 Å². The maximum atomic E-state index is 13.0. The van der Waals surface area contributed by atoms with E-state index >= 15 is 0 Å². The van der Waals surface area contributed by atoms with Crippen molar-refractivity contribution in [1.82, 2.24) is 0 Å². The van der Waals surface area contributed by atoms with Crippen molar-refractivity contribution in [2.45, 2.75) is 18.6 Å². The Balaban J connectivity index is 2.31. The summed E-state index contributed by atoms with van der Waals surface area (Å²) in [7, 11) is -3.50. The molecule has 8 heteroatoms. The van der Waals surface area contributed by atoms with E-state index < -0.39 is 27.3 Å². The summed E-state index contributed by atoms with van der Waals surface area (Å²) < 4.78 is 39.4. The predicted molar refractivity (Wildman–Crippen MR) is 73.3 cm³/mol. The summed E-state index contributed by atoms with van der Waals surface area (Å²) in [6, 6.07) is 4.52. The van der Waals surface area contributed by atoms with E-state index in [1.54, 1.807) is 6.92 Å². The van der Waals surface area contributed by atoms with Crippen molar-refractivity contribution in [3.63, 3.8) is 0 Å². The molecule has 1 aromatic carbocycles. The number of anilines is 1. The van der Waals surface area contributed by atoms with Gasteiger partial charge in [0.2, 0.25) is 5.91 Å². The lowest BCUT2D eigenvalue weighted by molar-refractivity contribution is -0.117. The highest BCUT2D eigenvalue weighted by Crippen LogP contribution is 2.29. The SMILES string of the molecule is COC(=O)c1ccc(N2CC(S(=O)(=O)F)CC2=O)c(C)c1. The standard InChI is InChI=1S/C13H14FNO5S/c1-8-5-9(13(17)20-2)3-4-11(8)15-7-10(6-12(15)16)21(14,18)19/h3-5,10H,6-7H2,1-2H3. The second kappa shape index (κ2) is 5.44. The summed E-state index contributed by atoms with van der Waals surface area (Å²) in [5, 5.41) is -1.34. The first-order valence-corrected chi connectivity index (χ1v) is 7.61. The normalized spacial score (nSPS) is 18.9. The van der Waals surface area contributed by atoms with Gasteiger partial charge in [0.25, 0.3) is 0 Å². The van der Waals surface area contributed by atoms with Crippen molar-refractivity contribution >= 4 is 27.8 Å². The average molecular weight is 315 g/mol. The highest BCUT2D eigenvalue weighted by Gasteiger charge is 2.39. The Labute approximate surface area is 121 Å². The van der Waals surface area contributed by atoms with E-state index in [-0.39, 0.29) is 13.0 Å². The van der Waals surface area contributed by atoms with E-state index in [1.807, 2.05) is 0 Å². The zero-order valence-corrected chi connectivity index (χ0v) is 12.3. The zero-order valence-electron chi connectivity index (χ0n) is 11.5. The van der Waals surface area contributed by atoms with Gasteiger partial charge in [0.1, 0.15) is 5.25 Å². The maximum Gasteiger partial charge on any atom is 0.337 e. The molecule has 2 rings (SSSR count). The van der Waals surface area contributed by atoms with Crippen molar-refractivity contribution in [2.75, 3.05) is 18.6 Å². The number of hydrogen-bond donors (Lipinski definition) is 0. The number of carbonyl (C=O) groups is 2. The molecule has 1 aliphatic heterocycles. The molecule has 114 valence electrons. The van der Waals surface area contributed by atoms with Gasteiger partial charge in [-0.05, 0) is 30.7 Å². The number of nitrogens with zero attached hydrogens (tertiary/aromatic N) is 1. The van der Waals surface area contributed by atoms with Crippen molar-refractivity contribution in [3.8, 4) is 0 Å². The first-order chi connectivity index (χ1) is 9.74. The molecule has 1 heterocycles. The van der Waals surface area contributed by atoms with Crippen LogP contribution in [0, 0.1) is 6.92 Å². The summed E-state index contributed by atoms with van der Waals surface area (Å²) in [5.41, 5.74) is 1.38. The van der Waals surface area contributed by atoms with Gasteiger partial charge in [-0.25, -0.2) is 4.79 Å². The van der Waals surface area contributed by atoms with E-state index in [0.29, 0.717) is 16.8 Å². The van der Waals surface area contributed by atoms with Crippen LogP contribution in [0.25, 0.3) is 0 Å². The minimum absolute atomic E-state index is 0.226. The Kier molecular flexibility index (Phi) is 3.99. The van der Waals surface area contributed by atoms with E-state index in [0.717, 1.165) is 0 Å². The molecule has 0 aliphatic carbocycles. The smallest absolute Gasteiger partial charge is 0.337 e. The number of rotatable bonds is 3. The van der Waals surface area contributed by atoms with Crippen molar-refractivity contribution in [1.29, 1.82) is 0 Å². The molecule has 0 aromatic heterocycles. The van der Waals surface area contributed by atoms with Crippen LogP contribution in [-0.4, -0.2) is 39.2 Å². The summed E-state index contributed by atoms with van der Waals surface area (Å²) in [6.45, 7) is 1.45. The number of aryl methyl sites for hydroxylation is 1. The molecule has 0 radical (unpaired) electrons. The van der Waals surface area contributed by atoms with Gasteiger partial charge in [0, 0.05) is 18.7 Å². The van der Waals surface area contributed by atoms with Gasteiger partial charge >= 0.3 is 16.2 Å². The predicted octanol–water partition coefficient (Wildman–Crippen LogP) is 1.19. The fraction of sp³-hybridized carbons (Fsp3) is 0.385. The van der Waals surface area contributed by atoms with Gasteiger partial charge in [-0.1, -0.05) is 0 Å². The van der Waals surface area contributed by atoms with Crippen LogP contribution in [0.4, 0.5) is 9.57 Å². The van der Waals surface area contributed by atoms with E-state index in [4.69, 9.17) is 0 Å². The average Bonchev–Trinajstić information content (AvgIpc) is 2.79. The third kappa shape index (κ3) is 3.05. The molecule has 1 saturated heterocycles. The van der Waals surface area contributed by atoms with Crippen LogP contribution in [0.1, 0.15) is 22.3 Å². The minimum Gasteiger partial charge on any atom is -0.465 e. The first-order valence-electron chi connectivity index (χ1n) is 6.17. The fourth-order valence-electron chi connectivity index (χ4n) is 2.30. The number of ether oxygens (including phenoxy) is 1. The molecule has 0 bridgehead atoms. The molecule has 1 fully saturated rings. The van der Waals surface area contributed by atoms with Crippen LogP contribution in [0.2, 0.25) is 0 Å². The van der Waals surface area contributed by atoms with Crippen LogP contribution in [0.5, 0.6) is 0 Å². The van der Waals surface area contributed by atoms with Crippen molar-refractivity contribution in [2.24, 2.45) is 0 Å². The summed E-state index contributed by atoms with van der Waals surface area (Å²) >= 11 is 0. The van der Waals surface area contributed by atoms with Crippen molar-refractivity contribution in [3.05, 3.63) is 29.3 Å². The van der Waals surface area contributed by atoms with E-state index in [9.17, 15) is 21.9 Å². The van der Waals surface area contributed by atoms with Gasteiger partial charge in [0.05, 0.1) is 12.7 Å². The van der Waals surface area contributed by atoms with Crippen LogP contribution in [-0.2, 0) is 19.8 Å². The number of halogens is 1. The molecule has 6 nitrogen and oxygen atoms in total. The number of methoxy groups -OCH3 is 1. The molecule has 1 aromatic rings. The summed E-state index contributed by atoms with van der Waals surface area (Å²) in [4.78, 5) is 24.5. The Morgan fingerprint density at radius 3 is 2.57 bits per heavy atom. The molecule has 0 spiro atoms. The maximum absolute atomic E-state index is 13.0. The minimum atomic E-state index is -4.75. The van der Waals surface area contributed by atoms with Crippen LogP contribution in [0.15, 0.2) is 18.2 Å². The lowest BCUT2D eigenvalue weighted by atomic mass is 10.1. The molecule has 1 unspecified atom stereocenters. The fourth-order valence-corrected chi connectivity index (χ4v) is 2.97. The molecule has 1 amide bonds. The largest absolute Gasteiger partial charge is 0.465 e. The van der Waals surface area contributed by atoms with Gasteiger partial charge in [-0.2, -0.15) is 8.42 Å². The highest BCUT2D eigenvalue weighted by molar-refractivity contribution is 7.87. The lowest BCUT2D eigenvalue weighted by Gasteiger charge is -2.19. The molecule has 1 aliphatic rings. The zero-order chi connectivity index (χ0) is 15.8. The second-order valence-corrected chi connectivity index (χ2v) is 6.42. The number of benzene rings is 1. The quantitative estimate of drug-likeness (QED) is 0.618. The molecular weight excluding hydrogens is 301 g/mol. The Hall–Kier alpha value is -1.96. The number of carbonyl (C=O) groups excluding carboxylic acids is 2. The monoisotopic (exact) mass is 315 g/mol. The number of hydrogen-bond acceptors (Lipinski definition) is 5. The van der Waals surface area contributed by atoms with Gasteiger partial charge < -0.3 is 9.64 Å². The highest BCUT2D eigenvalue weighted by atomic mass is 32.3. The molecule has 1 atom stereocenters. The lowest BCUT2D eigenvalue weighted by Crippen LogP contribution is -2.27. The Bertz CT molecular complexity index is 701. The molecular formula is C13H14FNO5S. The molecule has 0 N–H and O–H groups in total. The van der Waals surface area contributed by atoms with E-state index in [2.05, 4.69) is 4.74 Å². The van der Waals surface area contributed by atoms with E-state index in [1.165, 1.54) is 30.2 Å². The molecule has 0 saturated carbocycles. The van der Waals surface area contributed by atoms with Gasteiger partial charge in [-0.3, -0.25) is 4.79 Å².